The Labute approximate surface area is 131 Å². The Morgan fingerprint density at radius 1 is 1.48 bits per heavy atom. The molecule has 0 unspecified atom stereocenters. The largest absolute Gasteiger partial charge is 0.465 e. The molecule has 0 fully saturated rings. The molecule has 2 aromatic heterocycles. The summed E-state index contributed by atoms with van der Waals surface area (Å²) in [6.45, 7) is 2.17. The Morgan fingerprint density at radius 2 is 2.30 bits per heavy atom. The highest BCUT2D eigenvalue weighted by molar-refractivity contribution is 5.98. The van der Waals surface area contributed by atoms with Crippen molar-refractivity contribution >= 4 is 22.8 Å². The van der Waals surface area contributed by atoms with E-state index in [1.165, 1.54) is 0 Å². The molecule has 2 heterocycles. The fourth-order valence-electron chi connectivity index (χ4n) is 2.28. The lowest BCUT2D eigenvalue weighted by molar-refractivity contribution is -0.143. The number of nitrogens with zero attached hydrogens (tertiary/aromatic N) is 3. The van der Waals surface area contributed by atoms with E-state index in [4.69, 9.17) is 15.9 Å². The number of H-pyrrole nitrogens is 1. The zero-order valence-electron chi connectivity index (χ0n) is 12.5. The van der Waals surface area contributed by atoms with E-state index in [9.17, 15) is 4.79 Å². The Hall–Kier alpha value is -3.16. The van der Waals surface area contributed by atoms with Crippen LogP contribution in [0.2, 0.25) is 0 Å². The molecule has 0 radical (unpaired) electrons. The summed E-state index contributed by atoms with van der Waals surface area (Å²) in [6.07, 6.45) is 3.29. The van der Waals surface area contributed by atoms with Crippen molar-refractivity contribution in [3.8, 4) is 11.6 Å². The van der Waals surface area contributed by atoms with E-state index in [1.54, 1.807) is 42.1 Å². The number of ether oxygens (including phenoxy) is 1. The third kappa shape index (κ3) is 2.91. The molecule has 0 amide bonds. The van der Waals surface area contributed by atoms with Gasteiger partial charge in [0.1, 0.15) is 12.4 Å². The molecular formula is C15H16N6O2. The number of benzene rings is 1. The predicted octanol–water partition coefficient (Wildman–Crippen LogP) is 1.27. The number of carbonyl (C=O) groups is 1. The second-order valence-corrected chi connectivity index (χ2v) is 4.91. The first-order valence-electron chi connectivity index (χ1n) is 7.09. The number of amidine groups is 1. The lowest BCUT2D eigenvalue weighted by atomic mass is 10.2. The van der Waals surface area contributed by atoms with Gasteiger partial charge in [0.2, 0.25) is 0 Å². The van der Waals surface area contributed by atoms with E-state index in [2.05, 4.69) is 15.0 Å². The summed E-state index contributed by atoms with van der Waals surface area (Å²) in [4.78, 5) is 23.5. The molecule has 8 heteroatoms. The Bertz CT molecular complexity index is 879. The number of nitrogen functional groups attached to an aromatic ring is 1. The maximum Gasteiger partial charge on any atom is 0.326 e. The first-order valence-corrected chi connectivity index (χ1v) is 7.09. The van der Waals surface area contributed by atoms with Crippen LogP contribution >= 0.6 is 0 Å². The van der Waals surface area contributed by atoms with E-state index in [1.807, 2.05) is 0 Å². The molecule has 0 bridgehead atoms. The Balaban J connectivity index is 1.96. The minimum Gasteiger partial charge on any atom is -0.465 e. The maximum atomic E-state index is 11.6. The van der Waals surface area contributed by atoms with Gasteiger partial charge in [0.15, 0.2) is 11.6 Å². The van der Waals surface area contributed by atoms with Gasteiger partial charge in [-0.2, -0.15) is 0 Å². The number of imidazole rings is 2. The summed E-state index contributed by atoms with van der Waals surface area (Å²) < 4.78 is 6.62. The summed E-state index contributed by atoms with van der Waals surface area (Å²) in [5.41, 5.74) is 7.57. The topological polar surface area (TPSA) is 123 Å². The molecular weight excluding hydrogens is 296 g/mol. The van der Waals surface area contributed by atoms with Crippen LogP contribution < -0.4 is 5.73 Å². The van der Waals surface area contributed by atoms with Gasteiger partial charge < -0.3 is 20.0 Å². The van der Waals surface area contributed by atoms with Gasteiger partial charge in [0.25, 0.3) is 0 Å². The van der Waals surface area contributed by atoms with Crippen molar-refractivity contribution in [3.63, 3.8) is 0 Å². The van der Waals surface area contributed by atoms with E-state index in [-0.39, 0.29) is 18.3 Å². The van der Waals surface area contributed by atoms with Crippen LogP contribution in [-0.4, -0.2) is 37.9 Å². The van der Waals surface area contributed by atoms with Crippen LogP contribution in [0, 0.1) is 5.41 Å². The summed E-state index contributed by atoms with van der Waals surface area (Å²) in [6, 6.07) is 5.29. The second-order valence-electron chi connectivity index (χ2n) is 4.91. The molecule has 0 spiro atoms. The van der Waals surface area contributed by atoms with Crippen LogP contribution in [-0.2, 0) is 16.1 Å². The van der Waals surface area contributed by atoms with Gasteiger partial charge in [0.05, 0.1) is 17.6 Å². The van der Waals surface area contributed by atoms with Gasteiger partial charge >= 0.3 is 5.97 Å². The van der Waals surface area contributed by atoms with Crippen molar-refractivity contribution < 1.29 is 9.53 Å². The SMILES string of the molecule is CCOC(=O)Cn1ccnc1-c1nc2cc(C(=N)N)ccc2[nH]1. The van der Waals surface area contributed by atoms with Gasteiger partial charge in [-0.25, -0.2) is 9.97 Å². The average Bonchev–Trinajstić information content (AvgIpc) is 3.12. The maximum absolute atomic E-state index is 11.6. The van der Waals surface area contributed by atoms with Crippen LogP contribution in [0.3, 0.4) is 0 Å². The summed E-state index contributed by atoms with van der Waals surface area (Å²) >= 11 is 0. The van der Waals surface area contributed by atoms with Crippen molar-refractivity contribution in [2.24, 2.45) is 5.73 Å². The first-order chi connectivity index (χ1) is 11.1. The number of hydrogen-bond acceptors (Lipinski definition) is 5. The molecule has 0 aliphatic carbocycles. The van der Waals surface area contributed by atoms with Gasteiger partial charge in [-0.1, -0.05) is 0 Å². The van der Waals surface area contributed by atoms with Crippen molar-refractivity contribution in [1.29, 1.82) is 5.41 Å². The van der Waals surface area contributed by atoms with E-state index in [0.717, 1.165) is 5.52 Å². The van der Waals surface area contributed by atoms with E-state index in [0.29, 0.717) is 29.3 Å². The Morgan fingerprint density at radius 3 is 3.04 bits per heavy atom. The number of fused-ring (bicyclic) bond motifs is 1. The number of nitrogens with two attached hydrogens (primary N) is 1. The molecule has 8 nitrogen and oxygen atoms in total. The number of aromatic nitrogens is 4. The summed E-state index contributed by atoms with van der Waals surface area (Å²) in [5, 5.41) is 7.48. The van der Waals surface area contributed by atoms with Crippen LogP contribution in [0.4, 0.5) is 0 Å². The molecule has 0 atom stereocenters. The number of nitrogens with one attached hydrogen (secondary N) is 2. The third-order valence-electron chi connectivity index (χ3n) is 3.33. The van der Waals surface area contributed by atoms with E-state index >= 15 is 0 Å². The minimum absolute atomic E-state index is 0.0136. The molecule has 3 aromatic rings. The molecule has 0 aliphatic rings. The van der Waals surface area contributed by atoms with Gasteiger partial charge in [0, 0.05) is 18.0 Å². The van der Waals surface area contributed by atoms with Crippen molar-refractivity contribution in [2.45, 2.75) is 13.5 Å². The molecule has 23 heavy (non-hydrogen) atoms. The van der Waals surface area contributed by atoms with Gasteiger partial charge in [-0.05, 0) is 25.1 Å². The lowest BCUT2D eigenvalue weighted by Gasteiger charge is -2.05. The van der Waals surface area contributed by atoms with Crippen molar-refractivity contribution in [3.05, 3.63) is 36.2 Å². The molecule has 0 aliphatic heterocycles. The van der Waals surface area contributed by atoms with Gasteiger partial charge in [-0.15, -0.1) is 0 Å². The zero-order chi connectivity index (χ0) is 16.4. The number of aromatic amines is 1. The molecule has 118 valence electrons. The second kappa shape index (κ2) is 5.91. The molecule has 3 rings (SSSR count). The highest BCUT2D eigenvalue weighted by Crippen LogP contribution is 2.20. The quantitative estimate of drug-likeness (QED) is 0.372. The number of hydrogen-bond donors (Lipinski definition) is 3. The fraction of sp³-hybridized carbons (Fsp3) is 0.200. The average molecular weight is 312 g/mol. The molecule has 1 aromatic carbocycles. The molecule has 0 saturated heterocycles. The van der Waals surface area contributed by atoms with Crippen LogP contribution in [0.15, 0.2) is 30.6 Å². The number of esters is 1. The van der Waals surface area contributed by atoms with Crippen molar-refractivity contribution in [2.75, 3.05) is 6.61 Å². The summed E-state index contributed by atoms with van der Waals surface area (Å²) in [7, 11) is 0. The van der Waals surface area contributed by atoms with Crippen LogP contribution in [0.5, 0.6) is 0 Å². The smallest absolute Gasteiger partial charge is 0.326 e. The standard InChI is InChI=1S/C15H16N6O2/c1-2-23-12(22)8-21-6-5-18-15(21)14-19-10-4-3-9(13(16)17)7-11(10)20-14/h3-7H,2,8H2,1H3,(H3,16,17)(H,19,20). The van der Waals surface area contributed by atoms with Gasteiger partial charge in [-0.3, -0.25) is 10.2 Å². The fourth-order valence-corrected chi connectivity index (χ4v) is 2.28. The number of rotatable bonds is 5. The number of carbonyl (C=O) groups excluding carboxylic acids is 1. The predicted molar refractivity (Wildman–Crippen MR) is 85.0 cm³/mol. The van der Waals surface area contributed by atoms with Crippen LogP contribution in [0.1, 0.15) is 12.5 Å². The lowest BCUT2D eigenvalue weighted by Crippen LogP contribution is -2.13. The monoisotopic (exact) mass is 312 g/mol. The highest BCUT2D eigenvalue weighted by atomic mass is 16.5. The van der Waals surface area contributed by atoms with Crippen molar-refractivity contribution in [1.82, 2.24) is 19.5 Å². The minimum atomic E-state index is -0.332. The molecule has 0 saturated carbocycles. The third-order valence-corrected chi connectivity index (χ3v) is 3.33. The van der Waals surface area contributed by atoms with Crippen LogP contribution in [0.25, 0.3) is 22.7 Å². The molecule has 4 N–H and O–H groups in total. The normalized spacial score (nSPS) is 10.8. The summed E-state index contributed by atoms with van der Waals surface area (Å²) in [5.74, 6) is 0.732. The highest BCUT2D eigenvalue weighted by Gasteiger charge is 2.14. The van der Waals surface area contributed by atoms with E-state index < -0.39 is 0 Å². The first kappa shape index (κ1) is 14.8. The Kier molecular flexibility index (Phi) is 3.80. The zero-order valence-corrected chi connectivity index (χ0v) is 12.5.